The number of allylic oxidation sites excluding steroid dienone is 2. The van der Waals surface area contributed by atoms with Gasteiger partial charge in [0.2, 0.25) is 11.8 Å². The normalized spacial score (nSPS) is 35.4. The monoisotopic (exact) mass is 542 g/mol. The minimum absolute atomic E-state index is 0.00727. The Labute approximate surface area is 217 Å². The van der Waals surface area contributed by atoms with Crippen LogP contribution in [0.25, 0.3) is 0 Å². The van der Waals surface area contributed by atoms with Crippen LogP contribution in [0.4, 0.5) is 26.3 Å². The Kier molecular flexibility index (Phi) is 6.23. The lowest BCUT2D eigenvalue weighted by molar-refractivity contribution is -0.312. The minimum atomic E-state index is -5.80. The van der Waals surface area contributed by atoms with Crippen LogP contribution < -0.4 is 10.6 Å². The Bertz CT molecular complexity index is 1130. The molecule has 4 nitrogen and oxygen atoms in total. The average Bonchev–Trinajstić information content (AvgIpc) is 3.19. The fourth-order valence-electron chi connectivity index (χ4n) is 8.29. The number of piperidine rings is 1. The maximum absolute atomic E-state index is 14.3. The highest BCUT2D eigenvalue weighted by molar-refractivity contribution is 5.81. The number of carbonyl (C=O) groups excluding carboxylic acids is 2. The highest BCUT2D eigenvalue weighted by Crippen LogP contribution is 2.65. The van der Waals surface area contributed by atoms with E-state index in [0.29, 0.717) is 38.5 Å². The Morgan fingerprint density at radius 1 is 0.947 bits per heavy atom. The third-order valence-electron chi connectivity index (χ3n) is 10.3. The maximum atomic E-state index is 14.3. The predicted molar refractivity (Wildman–Crippen MR) is 127 cm³/mol. The second kappa shape index (κ2) is 8.74. The Morgan fingerprint density at radius 2 is 1.61 bits per heavy atom. The van der Waals surface area contributed by atoms with Crippen LogP contribution in [0.3, 0.4) is 0 Å². The van der Waals surface area contributed by atoms with Gasteiger partial charge in [0.05, 0.1) is 0 Å². The first kappa shape index (κ1) is 27.1. The molecule has 10 heteroatoms. The summed E-state index contributed by atoms with van der Waals surface area (Å²) >= 11 is 0. The van der Waals surface area contributed by atoms with Crippen molar-refractivity contribution in [3.05, 3.63) is 47.7 Å². The number of alkyl halides is 6. The van der Waals surface area contributed by atoms with Crippen LogP contribution in [0.2, 0.25) is 0 Å². The Morgan fingerprint density at radius 3 is 2.24 bits per heavy atom. The second-order valence-electron chi connectivity index (χ2n) is 12.0. The van der Waals surface area contributed by atoms with E-state index in [1.54, 1.807) is 0 Å². The van der Waals surface area contributed by atoms with Crippen LogP contribution in [-0.4, -0.2) is 24.2 Å². The van der Waals surface area contributed by atoms with Crippen LogP contribution in [0.15, 0.2) is 42.1 Å². The van der Waals surface area contributed by atoms with Crippen molar-refractivity contribution in [1.29, 1.82) is 0 Å². The molecule has 2 amide bonds. The van der Waals surface area contributed by atoms with Crippen molar-refractivity contribution in [2.75, 3.05) is 0 Å². The number of hydrogen-bond acceptors (Lipinski definition) is 2. The molecule has 1 heterocycles. The van der Waals surface area contributed by atoms with Crippen LogP contribution in [0, 0.1) is 34.5 Å². The quantitative estimate of drug-likeness (QED) is 0.435. The largest absolute Gasteiger partial charge is 0.424 e. The summed E-state index contributed by atoms with van der Waals surface area (Å²) in [4.78, 5) is 25.5. The molecule has 4 aliphatic rings. The first-order valence-corrected chi connectivity index (χ1v) is 13.2. The van der Waals surface area contributed by atoms with E-state index in [1.807, 2.05) is 13.0 Å². The third-order valence-corrected chi connectivity index (χ3v) is 10.3. The maximum Gasteiger partial charge on any atom is 0.424 e. The van der Waals surface area contributed by atoms with Crippen molar-refractivity contribution in [2.45, 2.75) is 76.7 Å². The third kappa shape index (κ3) is 3.79. The fourth-order valence-corrected chi connectivity index (χ4v) is 8.29. The molecule has 0 radical (unpaired) electrons. The molecule has 2 saturated carbocycles. The summed E-state index contributed by atoms with van der Waals surface area (Å²) in [6.07, 6.45) is -5.74. The standard InChI is InChI=1S/C28H32F6N2O2/c1-24-14-12-19-17(8-11-21-25(19,2)15-13-22(37)35-21)18(24)9-10-20(24)23(38)36-26(27(29,30)31,28(32,33)34)16-6-4-3-5-7-16/h3-7,11,17-20H,8-10,12-15H2,1-2H3,(H,35,37)(H,36,38)/t17?,18?,19?,20-,24+,25-/m1/s1. The number of benzene rings is 1. The van der Waals surface area contributed by atoms with Gasteiger partial charge in [-0.1, -0.05) is 50.3 Å². The Hall–Kier alpha value is -2.52. The van der Waals surface area contributed by atoms with Gasteiger partial charge in [0.25, 0.3) is 5.54 Å². The van der Waals surface area contributed by atoms with Gasteiger partial charge in [0.1, 0.15) is 0 Å². The molecule has 1 saturated heterocycles. The smallest absolute Gasteiger partial charge is 0.331 e. The van der Waals surface area contributed by atoms with Crippen LogP contribution >= 0.6 is 0 Å². The number of halogens is 6. The highest BCUT2D eigenvalue weighted by atomic mass is 19.4. The van der Waals surface area contributed by atoms with E-state index >= 15 is 0 Å². The molecule has 3 fully saturated rings. The zero-order chi connectivity index (χ0) is 27.7. The molecule has 208 valence electrons. The molecule has 6 atom stereocenters. The molecular weight excluding hydrogens is 510 g/mol. The summed E-state index contributed by atoms with van der Waals surface area (Å²) in [6.45, 7) is 4.00. The van der Waals surface area contributed by atoms with E-state index in [9.17, 15) is 35.9 Å². The van der Waals surface area contributed by atoms with Gasteiger partial charge in [-0.25, -0.2) is 0 Å². The molecule has 1 aliphatic heterocycles. The van der Waals surface area contributed by atoms with E-state index in [0.717, 1.165) is 30.0 Å². The SMILES string of the molecule is C[C@]12CCC(=O)NC1=CCC1C2CC[C@@]2(C)C1CC[C@@H]2C(=O)NC(c1ccccc1)(C(F)(F)F)C(F)(F)F. The molecule has 0 bridgehead atoms. The molecule has 1 aromatic carbocycles. The van der Waals surface area contributed by atoms with Gasteiger partial charge in [-0.2, -0.15) is 26.3 Å². The Balaban J connectivity index is 1.46. The molecule has 1 aromatic rings. The summed E-state index contributed by atoms with van der Waals surface area (Å²) in [5.74, 6) is -1.80. The number of amides is 2. The minimum Gasteiger partial charge on any atom is -0.331 e. The number of nitrogens with one attached hydrogen (secondary N) is 2. The van der Waals surface area contributed by atoms with Crippen molar-refractivity contribution in [1.82, 2.24) is 10.6 Å². The summed E-state index contributed by atoms with van der Waals surface area (Å²) in [7, 11) is 0. The van der Waals surface area contributed by atoms with Gasteiger partial charge < -0.3 is 10.6 Å². The molecule has 5 rings (SSSR count). The van der Waals surface area contributed by atoms with Crippen LogP contribution in [-0.2, 0) is 15.1 Å². The van der Waals surface area contributed by atoms with Crippen molar-refractivity contribution in [3.63, 3.8) is 0 Å². The number of hydrogen-bond donors (Lipinski definition) is 2. The lowest BCUT2D eigenvalue weighted by Gasteiger charge is -2.57. The van der Waals surface area contributed by atoms with Crippen LogP contribution in [0.5, 0.6) is 0 Å². The van der Waals surface area contributed by atoms with Gasteiger partial charge >= 0.3 is 12.4 Å². The first-order valence-electron chi connectivity index (χ1n) is 13.2. The van der Waals surface area contributed by atoms with Gasteiger partial charge in [-0.05, 0) is 67.3 Å². The molecule has 38 heavy (non-hydrogen) atoms. The zero-order valence-corrected chi connectivity index (χ0v) is 21.3. The molecule has 3 aliphatic carbocycles. The van der Waals surface area contributed by atoms with E-state index in [1.165, 1.54) is 11.4 Å². The molecule has 3 unspecified atom stereocenters. The summed E-state index contributed by atoms with van der Waals surface area (Å²) in [5.41, 5.74) is -5.58. The lowest BCUT2D eigenvalue weighted by Crippen LogP contribution is -2.66. The average molecular weight is 543 g/mol. The van der Waals surface area contributed by atoms with E-state index in [-0.39, 0.29) is 35.5 Å². The predicted octanol–water partition coefficient (Wildman–Crippen LogP) is 6.39. The second-order valence-corrected chi connectivity index (χ2v) is 12.0. The topological polar surface area (TPSA) is 58.2 Å². The van der Waals surface area contributed by atoms with Crippen molar-refractivity contribution in [3.8, 4) is 0 Å². The molecule has 0 spiro atoms. The van der Waals surface area contributed by atoms with Crippen molar-refractivity contribution in [2.24, 2.45) is 34.5 Å². The molecule has 2 N–H and O–H groups in total. The lowest BCUT2D eigenvalue weighted by atomic mass is 9.49. The van der Waals surface area contributed by atoms with Gasteiger partial charge in [-0.3, -0.25) is 9.59 Å². The van der Waals surface area contributed by atoms with Gasteiger partial charge in [-0.15, -0.1) is 0 Å². The fraction of sp³-hybridized carbons (Fsp3) is 0.643. The van der Waals surface area contributed by atoms with Gasteiger partial charge in [0, 0.05) is 23.5 Å². The van der Waals surface area contributed by atoms with E-state index < -0.39 is 40.7 Å². The first-order chi connectivity index (χ1) is 17.6. The number of carbonyl (C=O) groups is 2. The van der Waals surface area contributed by atoms with Crippen molar-refractivity contribution >= 4 is 11.8 Å². The zero-order valence-electron chi connectivity index (χ0n) is 21.3. The van der Waals surface area contributed by atoms with Crippen LogP contribution in [0.1, 0.15) is 64.4 Å². The van der Waals surface area contributed by atoms with E-state index in [4.69, 9.17) is 0 Å². The molecule has 0 aromatic heterocycles. The van der Waals surface area contributed by atoms with Crippen molar-refractivity contribution < 1.29 is 35.9 Å². The molecular formula is C28H32F6N2O2. The van der Waals surface area contributed by atoms with Gasteiger partial charge in [0.15, 0.2) is 0 Å². The van der Waals surface area contributed by atoms with E-state index in [2.05, 4.69) is 12.2 Å². The number of rotatable bonds is 3. The highest BCUT2D eigenvalue weighted by Gasteiger charge is 2.73. The summed E-state index contributed by atoms with van der Waals surface area (Å²) < 4.78 is 85.9. The number of fused-ring (bicyclic) bond motifs is 5. The summed E-state index contributed by atoms with van der Waals surface area (Å²) in [5, 5.41) is 4.51. The summed E-state index contributed by atoms with van der Waals surface area (Å²) in [6, 6.07) is 5.02.